The quantitative estimate of drug-likeness (QED) is 0.677. The summed E-state index contributed by atoms with van der Waals surface area (Å²) in [6.45, 7) is 0. The summed E-state index contributed by atoms with van der Waals surface area (Å²) in [5, 5.41) is 0. The molecule has 0 N–H and O–H groups in total. The number of para-hydroxylation sites is 1. The lowest BCUT2D eigenvalue weighted by molar-refractivity contribution is 0.415. The van der Waals surface area contributed by atoms with E-state index in [2.05, 4.69) is 12.8 Å². The number of rotatable bonds is 1. The lowest BCUT2D eigenvalue weighted by atomic mass is 10.3. The van der Waals surface area contributed by atoms with Gasteiger partial charge in [-0.15, -0.1) is 12.8 Å². The highest BCUT2D eigenvalue weighted by Gasteiger charge is 1.80. The van der Waals surface area contributed by atoms with Gasteiger partial charge in [0, 0.05) is 0 Å². The molecule has 0 aliphatic carbocycles. The molecule has 2 heteroatoms. The molecule has 0 saturated heterocycles. The van der Waals surface area contributed by atoms with Crippen molar-refractivity contribution in [1.82, 2.24) is 0 Å². The van der Waals surface area contributed by atoms with Gasteiger partial charge in [0.15, 0.2) is 0 Å². The van der Waals surface area contributed by atoms with Gasteiger partial charge in [0.2, 0.25) is 0 Å². The number of benzene rings is 2. The fraction of sp³-hybridized carbons (Fsp3) is 0.0667. The number of halogens is 1. The van der Waals surface area contributed by atoms with Gasteiger partial charge >= 0.3 is 0 Å². The number of hydrogen-bond acceptors (Lipinski definition) is 1. The Hall–Kier alpha value is -2.27. The van der Waals surface area contributed by atoms with Crippen molar-refractivity contribution >= 4 is 0 Å². The highest BCUT2D eigenvalue weighted by Crippen LogP contribution is 2.05. The van der Waals surface area contributed by atoms with E-state index < -0.39 is 0 Å². The van der Waals surface area contributed by atoms with E-state index in [0.717, 1.165) is 5.75 Å². The fourth-order valence-electron chi connectivity index (χ4n) is 0.971. The predicted molar refractivity (Wildman–Crippen MR) is 69.3 cm³/mol. The van der Waals surface area contributed by atoms with Crippen LogP contribution in [0.5, 0.6) is 5.75 Å². The van der Waals surface area contributed by atoms with Gasteiger partial charge in [-0.05, 0) is 24.3 Å². The Balaban J connectivity index is 0.000000265. The zero-order valence-corrected chi connectivity index (χ0v) is 9.71. The third-order valence-corrected chi connectivity index (χ3v) is 1.71. The molecule has 0 fully saturated rings. The van der Waals surface area contributed by atoms with E-state index in [9.17, 15) is 4.39 Å². The summed E-state index contributed by atoms with van der Waals surface area (Å²) in [5.41, 5.74) is 0. The molecule has 0 amide bonds. The summed E-state index contributed by atoms with van der Waals surface area (Å²) in [7, 11) is 1.66. The van der Waals surface area contributed by atoms with Crippen LogP contribution in [0.1, 0.15) is 0 Å². The Kier molecular flexibility index (Phi) is 8.89. The number of methoxy groups -OCH3 is 1. The van der Waals surface area contributed by atoms with Crippen molar-refractivity contribution in [3.8, 4) is 18.6 Å². The number of terminal acetylenes is 1. The molecular formula is C15H15FO. The maximum atomic E-state index is 11.9. The van der Waals surface area contributed by atoms with E-state index in [4.69, 9.17) is 4.74 Å². The Labute approximate surface area is 102 Å². The van der Waals surface area contributed by atoms with Crippen molar-refractivity contribution in [2.24, 2.45) is 0 Å². The lowest BCUT2D eigenvalue weighted by Crippen LogP contribution is -1.78. The van der Waals surface area contributed by atoms with Crippen LogP contribution in [0, 0.1) is 18.7 Å². The normalized spacial score (nSPS) is 7.76. The molecule has 88 valence electrons. The molecule has 1 nitrogen and oxygen atoms in total. The molecule has 0 unspecified atom stereocenters. The van der Waals surface area contributed by atoms with Crippen molar-refractivity contribution < 1.29 is 9.13 Å². The first-order chi connectivity index (χ1) is 8.33. The first-order valence-corrected chi connectivity index (χ1v) is 4.96. The van der Waals surface area contributed by atoms with Crippen molar-refractivity contribution in [2.75, 3.05) is 7.11 Å². The third-order valence-electron chi connectivity index (χ3n) is 1.71. The fourth-order valence-corrected chi connectivity index (χ4v) is 0.971. The van der Waals surface area contributed by atoms with Gasteiger partial charge in [-0.2, -0.15) is 0 Å². The minimum absolute atomic E-state index is 0.178. The summed E-state index contributed by atoms with van der Waals surface area (Å²) >= 11 is 0. The van der Waals surface area contributed by atoms with E-state index in [1.165, 1.54) is 12.1 Å². The van der Waals surface area contributed by atoms with Crippen LogP contribution in [0.3, 0.4) is 0 Å². The van der Waals surface area contributed by atoms with Gasteiger partial charge in [0.1, 0.15) is 11.6 Å². The Morgan fingerprint density at radius 3 is 1.47 bits per heavy atom. The van der Waals surface area contributed by atoms with E-state index in [0.29, 0.717) is 0 Å². The summed E-state index contributed by atoms with van der Waals surface area (Å²) < 4.78 is 16.8. The maximum Gasteiger partial charge on any atom is 0.123 e. The SMILES string of the molecule is C#C.COc1ccccc1.Fc1ccccc1. The van der Waals surface area contributed by atoms with Crippen molar-refractivity contribution in [1.29, 1.82) is 0 Å². The molecule has 0 bridgehead atoms. The highest BCUT2D eigenvalue weighted by molar-refractivity contribution is 5.20. The molecule has 0 heterocycles. The van der Waals surface area contributed by atoms with E-state index in [-0.39, 0.29) is 5.82 Å². The molecular weight excluding hydrogens is 215 g/mol. The molecule has 2 rings (SSSR count). The van der Waals surface area contributed by atoms with Crippen molar-refractivity contribution in [2.45, 2.75) is 0 Å². The lowest BCUT2D eigenvalue weighted by Gasteiger charge is -1.93. The van der Waals surface area contributed by atoms with Gasteiger partial charge in [-0.25, -0.2) is 4.39 Å². The van der Waals surface area contributed by atoms with Gasteiger partial charge in [0.25, 0.3) is 0 Å². The van der Waals surface area contributed by atoms with E-state index >= 15 is 0 Å². The summed E-state index contributed by atoms with van der Waals surface area (Å²) in [6.07, 6.45) is 8.00. The van der Waals surface area contributed by atoms with E-state index in [1.54, 1.807) is 25.3 Å². The second-order valence-corrected chi connectivity index (χ2v) is 2.81. The topological polar surface area (TPSA) is 9.23 Å². The average Bonchev–Trinajstić information content (AvgIpc) is 2.43. The predicted octanol–water partition coefficient (Wildman–Crippen LogP) is 3.77. The summed E-state index contributed by atoms with van der Waals surface area (Å²) in [5.74, 6) is 0.731. The largest absolute Gasteiger partial charge is 0.497 e. The van der Waals surface area contributed by atoms with Crippen LogP contribution in [0.25, 0.3) is 0 Å². The minimum atomic E-state index is -0.178. The van der Waals surface area contributed by atoms with Crippen LogP contribution in [0.15, 0.2) is 60.7 Å². The van der Waals surface area contributed by atoms with Crippen LogP contribution < -0.4 is 4.74 Å². The molecule has 17 heavy (non-hydrogen) atoms. The Morgan fingerprint density at radius 1 is 0.824 bits per heavy atom. The van der Waals surface area contributed by atoms with Gasteiger partial charge in [0.05, 0.1) is 7.11 Å². The Bertz CT molecular complexity index is 395. The molecule has 0 aromatic heterocycles. The smallest absolute Gasteiger partial charge is 0.123 e. The van der Waals surface area contributed by atoms with Crippen LogP contribution >= 0.6 is 0 Å². The standard InChI is InChI=1S/C7H8O.C6H5F.C2H2/c1-8-7-5-3-2-4-6-7;7-6-4-2-1-3-5-6;1-2/h2-6H,1H3;1-5H;1-2H. The minimum Gasteiger partial charge on any atom is -0.497 e. The second kappa shape index (κ2) is 10.3. The average molecular weight is 230 g/mol. The zero-order valence-electron chi connectivity index (χ0n) is 9.71. The monoisotopic (exact) mass is 230 g/mol. The molecule has 0 spiro atoms. The molecule has 0 aliphatic rings. The maximum absolute atomic E-state index is 11.9. The van der Waals surface area contributed by atoms with Crippen LogP contribution in [0.2, 0.25) is 0 Å². The van der Waals surface area contributed by atoms with Crippen LogP contribution in [0.4, 0.5) is 4.39 Å². The van der Waals surface area contributed by atoms with Crippen molar-refractivity contribution in [3.05, 3.63) is 66.5 Å². The number of hydrogen-bond donors (Lipinski definition) is 0. The van der Waals surface area contributed by atoms with Crippen molar-refractivity contribution in [3.63, 3.8) is 0 Å². The molecule has 2 aromatic rings. The molecule has 0 atom stereocenters. The van der Waals surface area contributed by atoms with Gasteiger partial charge in [-0.3, -0.25) is 0 Å². The molecule has 0 radical (unpaired) electrons. The third kappa shape index (κ3) is 7.64. The summed E-state index contributed by atoms with van der Waals surface area (Å²) in [4.78, 5) is 0. The van der Waals surface area contributed by atoms with Gasteiger partial charge < -0.3 is 4.74 Å². The second-order valence-electron chi connectivity index (χ2n) is 2.81. The molecule has 0 saturated carbocycles. The highest BCUT2D eigenvalue weighted by atomic mass is 19.1. The van der Waals surface area contributed by atoms with Crippen LogP contribution in [-0.4, -0.2) is 7.11 Å². The first-order valence-electron chi connectivity index (χ1n) is 4.96. The Morgan fingerprint density at radius 2 is 1.24 bits per heavy atom. The molecule has 0 aliphatic heterocycles. The first kappa shape index (κ1) is 14.7. The number of ether oxygens (including phenoxy) is 1. The molecule has 2 aromatic carbocycles. The van der Waals surface area contributed by atoms with Crippen LogP contribution in [-0.2, 0) is 0 Å². The van der Waals surface area contributed by atoms with Gasteiger partial charge in [-0.1, -0.05) is 36.4 Å². The van der Waals surface area contributed by atoms with E-state index in [1.807, 2.05) is 30.3 Å². The zero-order chi connectivity index (χ0) is 12.9. The summed E-state index contributed by atoms with van der Waals surface area (Å²) in [6, 6.07) is 17.6.